The molecule has 0 radical (unpaired) electrons. The molecule has 0 unspecified atom stereocenters. The molecule has 11 heavy (non-hydrogen) atoms. The summed E-state index contributed by atoms with van der Waals surface area (Å²) < 4.78 is 9.74. The number of hydrogen-bond donors (Lipinski definition) is 1. The average Bonchev–Trinajstić information content (AvgIpc) is 2.01. The molecule has 60 valence electrons. The van der Waals surface area contributed by atoms with Gasteiger partial charge in [0.25, 0.3) is 0 Å². The van der Waals surface area contributed by atoms with Crippen molar-refractivity contribution in [1.82, 2.24) is 0 Å². The van der Waals surface area contributed by atoms with E-state index in [1.54, 1.807) is 25.3 Å². The van der Waals surface area contributed by atoms with Gasteiger partial charge in [-0.1, -0.05) is 6.07 Å². The zero-order valence-electron chi connectivity index (χ0n) is 6.28. The van der Waals surface area contributed by atoms with Crippen molar-refractivity contribution in [1.29, 1.82) is 0 Å². The maximum Gasteiger partial charge on any atom is 0.188 e. The van der Waals surface area contributed by atoms with Crippen molar-refractivity contribution in [3.05, 3.63) is 24.3 Å². The lowest BCUT2D eigenvalue weighted by Crippen LogP contribution is -1.97. The fourth-order valence-electron chi connectivity index (χ4n) is 0.700. The fourth-order valence-corrected chi connectivity index (χ4v) is 0.700. The number of aromatic hydroxyl groups is 1. The molecule has 1 rings (SSSR count). The van der Waals surface area contributed by atoms with E-state index < -0.39 is 0 Å². The first-order valence-electron chi connectivity index (χ1n) is 3.23. The van der Waals surface area contributed by atoms with Crippen LogP contribution in [0.5, 0.6) is 11.5 Å². The van der Waals surface area contributed by atoms with Crippen molar-refractivity contribution in [2.45, 2.75) is 0 Å². The Morgan fingerprint density at radius 2 is 2.27 bits per heavy atom. The van der Waals surface area contributed by atoms with Gasteiger partial charge in [-0.15, -0.1) is 0 Å². The Balaban J connectivity index is 2.56. The molecule has 0 fully saturated rings. The molecule has 0 aliphatic rings. The SMILES string of the molecule is COCOc1cccc(O)c1. The van der Waals surface area contributed by atoms with Gasteiger partial charge in [0, 0.05) is 13.2 Å². The van der Waals surface area contributed by atoms with Crippen LogP contribution in [-0.2, 0) is 4.74 Å². The Morgan fingerprint density at radius 3 is 2.91 bits per heavy atom. The minimum Gasteiger partial charge on any atom is -0.508 e. The normalized spacial score (nSPS) is 9.55. The van der Waals surface area contributed by atoms with Crippen molar-refractivity contribution in [2.75, 3.05) is 13.9 Å². The van der Waals surface area contributed by atoms with Crippen LogP contribution >= 0.6 is 0 Å². The largest absolute Gasteiger partial charge is 0.508 e. The van der Waals surface area contributed by atoms with E-state index in [9.17, 15) is 0 Å². The fraction of sp³-hybridized carbons (Fsp3) is 0.250. The van der Waals surface area contributed by atoms with Gasteiger partial charge in [-0.3, -0.25) is 0 Å². The maximum atomic E-state index is 8.99. The van der Waals surface area contributed by atoms with Crippen LogP contribution in [0.1, 0.15) is 0 Å². The predicted octanol–water partition coefficient (Wildman–Crippen LogP) is 1.37. The number of phenols is 1. The summed E-state index contributed by atoms with van der Waals surface area (Å²) in [7, 11) is 1.54. The van der Waals surface area contributed by atoms with E-state index in [1.807, 2.05) is 0 Å². The van der Waals surface area contributed by atoms with Gasteiger partial charge in [-0.2, -0.15) is 0 Å². The van der Waals surface area contributed by atoms with Crippen LogP contribution in [0.15, 0.2) is 24.3 Å². The van der Waals surface area contributed by atoms with Gasteiger partial charge in [0.05, 0.1) is 0 Å². The Kier molecular flexibility index (Phi) is 2.74. The highest BCUT2D eigenvalue weighted by Crippen LogP contribution is 2.17. The molecule has 0 heterocycles. The van der Waals surface area contributed by atoms with Gasteiger partial charge in [-0.25, -0.2) is 0 Å². The molecule has 0 saturated heterocycles. The first kappa shape index (κ1) is 7.88. The van der Waals surface area contributed by atoms with Crippen LogP contribution in [0, 0.1) is 0 Å². The van der Waals surface area contributed by atoms with Crippen LogP contribution < -0.4 is 4.74 Å². The summed E-state index contributed by atoms with van der Waals surface area (Å²) in [6.07, 6.45) is 0. The zero-order chi connectivity index (χ0) is 8.10. The number of rotatable bonds is 3. The number of benzene rings is 1. The van der Waals surface area contributed by atoms with Crippen LogP contribution in [0.2, 0.25) is 0 Å². The van der Waals surface area contributed by atoms with Gasteiger partial charge in [0.15, 0.2) is 6.79 Å². The van der Waals surface area contributed by atoms with Crippen LogP contribution in [0.25, 0.3) is 0 Å². The van der Waals surface area contributed by atoms with E-state index in [2.05, 4.69) is 4.74 Å². The molecule has 1 aromatic carbocycles. The van der Waals surface area contributed by atoms with E-state index in [-0.39, 0.29) is 12.5 Å². The average molecular weight is 154 g/mol. The minimum atomic E-state index is 0.193. The Bertz CT molecular complexity index is 222. The van der Waals surface area contributed by atoms with Gasteiger partial charge in [-0.05, 0) is 12.1 Å². The molecule has 0 aliphatic carbocycles. The zero-order valence-corrected chi connectivity index (χ0v) is 6.28. The smallest absolute Gasteiger partial charge is 0.188 e. The number of methoxy groups -OCH3 is 1. The molecule has 0 bridgehead atoms. The summed E-state index contributed by atoms with van der Waals surface area (Å²) in [5.41, 5.74) is 0. The topological polar surface area (TPSA) is 38.7 Å². The molecule has 3 nitrogen and oxygen atoms in total. The number of phenolic OH excluding ortho intramolecular Hbond substituents is 1. The van der Waals surface area contributed by atoms with Crippen molar-refractivity contribution in [2.24, 2.45) is 0 Å². The molecule has 0 atom stereocenters. The predicted molar refractivity (Wildman–Crippen MR) is 40.6 cm³/mol. The lowest BCUT2D eigenvalue weighted by atomic mass is 10.3. The maximum absolute atomic E-state index is 8.99. The molecule has 1 N–H and O–H groups in total. The highest BCUT2D eigenvalue weighted by atomic mass is 16.7. The lowest BCUT2D eigenvalue weighted by Gasteiger charge is -2.03. The van der Waals surface area contributed by atoms with Crippen LogP contribution in [0.4, 0.5) is 0 Å². The molecular weight excluding hydrogens is 144 g/mol. The summed E-state index contributed by atoms with van der Waals surface area (Å²) in [6, 6.07) is 6.57. The Morgan fingerprint density at radius 1 is 1.45 bits per heavy atom. The van der Waals surface area contributed by atoms with Crippen molar-refractivity contribution in [3.63, 3.8) is 0 Å². The molecular formula is C8H10O3. The van der Waals surface area contributed by atoms with Crippen molar-refractivity contribution in [3.8, 4) is 11.5 Å². The van der Waals surface area contributed by atoms with Crippen LogP contribution in [0.3, 0.4) is 0 Å². The van der Waals surface area contributed by atoms with Gasteiger partial charge in [0.2, 0.25) is 0 Å². The Labute approximate surface area is 65.2 Å². The van der Waals surface area contributed by atoms with E-state index in [1.165, 1.54) is 6.07 Å². The van der Waals surface area contributed by atoms with Crippen molar-refractivity contribution < 1.29 is 14.6 Å². The first-order chi connectivity index (χ1) is 5.33. The highest BCUT2D eigenvalue weighted by Gasteiger charge is 1.92. The quantitative estimate of drug-likeness (QED) is 0.668. The number of hydrogen-bond acceptors (Lipinski definition) is 3. The molecule has 1 aromatic rings. The van der Waals surface area contributed by atoms with E-state index >= 15 is 0 Å². The third-order valence-corrected chi connectivity index (χ3v) is 1.16. The molecule has 0 aromatic heterocycles. The summed E-state index contributed by atoms with van der Waals surface area (Å²) in [4.78, 5) is 0. The van der Waals surface area contributed by atoms with Crippen molar-refractivity contribution >= 4 is 0 Å². The lowest BCUT2D eigenvalue weighted by molar-refractivity contribution is 0.0510. The monoisotopic (exact) mass is 154 g/mol. The first-order valence-corrected chi connectivity index (χ1v) is 3.23. The molecule has 0 aliphatic heterocycles. The third kappa shape index (κ3) is 2.47. The second kappa shape index (κ2) is 3.83. The Hall–Kier alpha value is -1.22. The molecule has 0 saturated carbocycles. The number of ether oxygens (including phenoxy) is 2. The standard InChI is InChI=1S/C8H10O3/c1-10-6-11-8-4-2-3-7(9)5-8/h2-5,9H,6H2,1H3. The second-order valence-corrected chi connectivity index (χ2v) is 2.05. The minimum absolute atomic E-state index is 0.193. The third-order valence-electron chi connectivity index (χ3n) is 1.16. The summed E-state index contributed by atoms with van der Waals surface area (Å²) in [5, 5.41) is 8.99. The van der Waals surface area contributed by atoms with Gasteiger partial charge in [0.1, 0.15) is 11.5 Å². The van der Waals surface area contributed by atoms with Gasteiger partial charge >= 0.3 is 0 Å². The summed E-state index contributed by atoms with van der Waals surface area (Å²) >= 11 is 0. The summed E-state index contributed by atoms with van der Waals surface area (Å²) in [5.74, 6) is 0.797. The highest BCUT2D eigenvalue weighted by molar-refractivity contribution is 5.31. The second-order valence-electron chi connectivity index (χ2n) is 2.05. The van der Waals surface area contributed by atoms with E-state index in [0.717, 1.165) is 0 Å². The van der Waals surface area contributed by atoms with Crippen LogP contribution in [-0.4, -0.2) is 19.0 Å². The molecule has 3 heteroatoms. The molecule has 0 amide bonds. The van der Waals surface area contributed by atoms with E-state index in [0.29, 0.717) is 5.75 Å². The van der Waals surface area contributed by atoms with E-state index in [4.69, 9.17) is 9.84 Å². The van der Waals surface area contributed by atoms with Gasteiger partial charge < -0.3 is 14.6 Å². The molecule has 0 spiro atoms. The summed E-state index contributed by atoms with van der Waals surface area (Å²) in [6.45, 7) is 0.198.